The maximum atomic E-state index is 12.4. The van der Waals surface area contributed by atoms with Gasteiger partial charge in [0.25, 0.3) is 11.8 Å². The quantitative estimate of drug-likeness (QED) is 0.355. The summed E-state index contributed by atoms with van der Waals surface area (Å²) in [5, 5.41) is 26.4. The van der Waals surface area contributed by atoms with Gasteiger partial charge in [0, 0.05) is 11.1 Å². The number of thioether (sulfide) groups is 1. The molecule has 136 valence electrons. The maximum Gasteiger partial charge on any atom is 0.352 e. The molecule has 0 aromatic carbocycles. The van der Waals surface area contributed by atoms with E-state index in [-0.39, 0.29) is 16.5 Å². The lowest BCUT2D eigenvalue weighted by Crippen LogP contribution is -2.71. The van der Waals surface area contributed by atoms with Gasteiger partial charge in [0.2, 0.25) is 0 Å². The highest BCUT2D eigenvalue weighted by atomic mass is 32.2. The number of anilines is 1. The molecular formula is C14H12N5O5S2-. The fourth-order valence-corrected chi connectivity index (χ4v) is 4.50. The van der Waals surface area contributed by atoms with E-state index in [0.29, 0.717) is 11.3 Å². The second kappa shape index (κ2) is 6.80. The molecule has 1 fully saturated rings. The molecule has 4 N–H and O–H groups in total. The van der Waals surface area contributed by atoms with Crippen LogP contribution in [0.25, 0.3) is 0 Å². The molecule has 12 heteroatoms. The van der Waals surface area contributed by atoms with Gasteiger partial charge in [0.15, 0.2) is 5.13 Å². The first-order valence-corrected chi connectivity index (χ1v) is 9.08. The molecule has 1 aromatic rings. The molecule has 0 radical (unpaired) electrons. The predicted octanol–water partition coefficient (Wildman–Crippen LogP) is -0.0632. The van der Waals surface area contributed by atoms with Crippen LogP contribution in [0.3, 0.4) is 0 Å². The second-order valence-corrected chi connectivity index (χ2v) is 7.25. The van der Waals surface area contributed by atoms with Gasteiger partial charge in [0.05, 0.1) is 0 Å². The van der Waals surface area contributed by atoms with E-state index in [0.717, 1.165) is 16.2 Å². The smallest absolute Gasteiger partial charge is 0.352 e. The normalized spacial score (nSPS) is 22.5. The summed E-state index contributed by atoms with van der Waals surface area (Å²) in [6.45, 7) is 3.55. The van der Waals surface area contributed by atoms with E-state index in [1.807, 2.05) is 0 Å². The molecule has 2 aliphatic heterocycles. The standard InChI is InChI=1S/C14H13N5O5S2/c1-2-5-3-25-12-8(11(21)19(12)9(5)13(22)23)17-10(20)7(18-24)6-4-26-14(15)16-6/h2,4,8,12,24H,1,3H2,(H2,15,16)(H,17,20)(H,22,23)/p-1/b18-7+/t8-,12-/m1/s1. The fraction of sp³-hybridized carbons (Fsp3) is 0.214. The van der Waals surface area contributed by atoms with Gasteiger partial charge >= 0.3 is 5.97 Å². The Bertz CT molecular complexity index is 877. The Balaban J connectivity index is 1.78. The van der Waals surface area contributed by atoms with Crippen LogP contribution in [0.1, 0.15) is 5.69 Å². The van der Waals surface area contributed by atoms with Gasteiger partial charge in [-0.25, -0.2) is 9.78 Å². The first kappa shape index (κ1) is 17.9. The third-order valence-electron chi connectivity index (χ3n) is 3.80. The monoisotopic (exact) mass is 394 g/mol. The Morgan fingerprint density at radius 3 is 2.85 bits per heavy atom. The minimum Gasteiger partial charge on any atom is -0.791 e. The first-order chi connectivity index (χ1) is 12.4. The van der Waals surface area contributed by atoms with Crippen molar-refractivity contribution >= 4 is 51.7 Å². The Labute approximate surface area is 155 Å². The second-order valence-electron chi connectivity index (χ2n) is 5.25. The number of rotatable bonds is 5. The van der Waals surface area contributed by atoms with Crippen molar-refractivity contribution in [2.45, 2.75) is 11.4 Å². The summed E-state index contributed by atoms with van der Waals surface area (Å²) in [6, 6.07) is -0.971. The van der Waals surface area contributed by atoms with Crippen molar-refractivity contribution in [1.29, 1.82) is 0 Å². The first-order valence-electron chi connectivity index (χ1n) is 7.15. The number of allylic oxidation sites excluding steroid dienone is 1. The van der Waals surface area contributed by atoms with Crippen molar-refractivity contribution in [2.75, 3.05) is 11.5 Å². The van der Waals surface area contributed by atoms with Crippen molar-refractivity contribution in [1.82, 2.24) is 15.2 Å². The third-order valence-corrected chi connectivity index (χ3v) is 5.78. The number of carbonyl (C=O) groups excluding carboxylic acids is 2. The van der Waals surface area contributed by atoms with E-state index in [9.17, 15) is 24.7 Å². The van der Waals surface area contributed by atoms with Crippen LogP contribution in [0, 0.1) is 5.21 Å². The van der Waals surface area contributed by atoms with Gasteiger partial charge in [-0.1, -0.05) is 12.7 Å². The van der Waals surface area contributed by atoms with E-state index in [2.05, 4.69) is 22.0 Å². The lowest BCUT2D eigenvalue weighted by molar-refractivity contribution is -0.150. The Hall–Kier alpha value is -2.86. The van der Waals surface area contributed by atoms with E-state index in [1.165, 1.54) is 23.2 Å². The van der Waals surface area contributed by atoms with Gasteiger partial charge < -0.3 is 26.5 Å². The zero-order valence-corrected chi connectivity index (χ0v) is 14.7. The third kappa shape index (κ3) is 2.82. The van der Waals surface area contributed by atoms with Crippen LogP contribution in [0.2, 0.25) is 0 Å². The van der Waals surface area contributed by atoms with Crippen LogP contribution in [0.15, 0.2) is 34.5 Å². The summed E-state index contributed by atoms with van der Waals surface area (Å²) in [6.07, 6.45) is 1.39. The lowest BCUT2D eigenvalue weighted by Gasteiger charge is -2.49. The number of nitrogens with zero attached hydrogens (tertiary/aromatic N) is 3. The molecule has 0 aliphatic carbocycles. The summed E-state index contributed by atoms with van der Waals surface area (Å²) < 4.78 is 0. The van der Waals surface area contributed by atoms with Gasteiger partial charge in [-0.2, -0.15) is 0 Å². The number of carboxylic acids is 1. The summed E-state index contributed by atoms with van der Waals surface area (Å²) in [7, 11) is 0. The number of amides is 2. The van der Waals surface area contributed by atoms with Gasteiger partial charge in [0.1, 0.15) is 28.5 Å². The van der Waals surface area contributed by atoms with E-state index in [4.69, 9.17) is 5.73 Å². The zero-order chi connectivity index (χ0) is 19.0. The van der Waals surface area contributed by atoms with E-state index in [1.54, 1.807) is 0 Å². The van der Waals surface area contributed by atoms with Crippen LogP contribution < -0.4 is 11.1 Å². The number of hydrogen-bond acceptors (Lipinski definition) is 9. The number of nitrogens with two attached hydrogens (primary N) is 1. The number of thiazole rings is 1. The largest absolute Gasteiger partial charge is 0.791 e. The van der Waals surface area contributed by atoms with Crippen LogP contribution in [-0.4, -0.2) is 55.7 Å². The van der Waals surface area contributed by atoms with Crippen molar-refractivity contribution in [2.24, 2.45) is 5.16 Å². The molecule has 0 bridgehead atoms. The molecular weight excluding hydrogens is 382 g/mol. The molecule has 1 saturated heterocycles. The molecule has 0 spiro atoms. The van der Waals surface area contributed by atoms with Crippen molar-refractivity contribution < 1.29 is 19.5 Å². The number of nitrogens with one attached hydrogen (secondary N) is 1. The van der Waals surface area contributed by atoms with Gasteiger partial charge in [-0.15, -0.1) is 23.1 Å². The highest BCUT2D eigenvalue weighted by Gasteiger charge is 2.54. The topological polar surface area (TPSA) is 161 Å². The minimum atomic E-state index is -1.25. The number of nitrogen functional groups attached to an aromatic ring is 1. The highest BCUT2D eigenvalue weighted by Crippen LogP contribution is 2.40. The van der Waals surface area contributed by atoms with Crippen molar-refractivity contribution in [3.63, 3.8) is 0 Å². The van der Waals surface area contributed by atoms with Crippen LogP contribution in [-0.2, 0) is 14.4 Å². The number of aliphatic carboxylic acids is 1. The average Bonchev–Trinajstić information content (AvgIpc) is 3.04. The van der Waals surface area contributed by atoms with Crippen LogP contribution >= 0.6 is 23.1 Å². The number of β-lactam (4-membered cyclic amide) rings is 1. The number of fused-ring (bicyclic) bond motifs is 1. The molecule has 2 amide bonds. The van der Waals surface area contributed by atoms with E-state index >= 15 is 0 Å². The molecule has 0 unspecified atom stereocenters. The number of carbonyl (C=O) groups is 3. The van der Waals surface area contributed by atoms with Crippen molar-refractivity contribution in [3.8, 4) is 0 Å². The molecule has 0 saturated carbocycles. The summed E-state index contributed by atoms with van der Waals surface area (Å²) in [5.41, 5.74) is 5.27. The molecule has 1 aromatic heterocycles. The van der Waals surface area contributed by atoms with Crippen LogP contribution in [0.4, 0.5) is 5.13 Å². The Morgan fingerprint density at radius 2 is 2.31 bits per heavy atom. The molecule has 3 heterocycles. The van der Waals surface area contributed by atoms with Gasteiger partial charge in [-0.05, 0) is 5.57 Å². The average molecular weight is 394 g/mol. The minimum absolute atomic E-state index is 0.0139. The summed E-state index contributed by atoms with van der Waals surface area (Å²) >= 11 is 2.32. The summed E-state index contributed by atoms with van der Waals surface area (Å²) in [5.74, 6) is -2.38. The van der Waals surface area contributed by atoms with E-state index < -0.39 is 34.9 Å². The molecule has 2 aliphatic rings. The lowest BCUT2D eigenvalue weighted by atomic mass is 10.0. The molecule has 3 rings (SSSR count). The Kier molecular flexibility index (Phi) is 4.70. The zero-order valence-electron chi connectivity index (χ0n) is 13.0. The molecule has 10 nitrogen and oxygen atoms in total. The molecule has 26 heavy (non-hydrogen) atoms. The van der Waals surface area contributed by atoms with Gasteiger partial charge in [-0.3, -0.25) is 14.5 Å². The summed E-state index contributed by atoms with van der Waals surface area (Å²) in [4.78, 5) is 41.1. The highest BCUT2D eigenvalue weighted by molar-refractivity contribution is 8.00. The number of aromatic nitrogens is 1. The van der Waals surface area contributed by atoms with Crippen LogP contribution in [0.5, 0.6) is 0 Å². The molecule has 2 atom stereocenters. The number of carboxylic acid groups (broad SMARTS) is 1. The number of hydrogen-bond donors (Lipinski definition) is 3. The Morgan fingerprint density at radius 1 is 1.58 bits per heavy atom. The van der Waals surface area contributed by atoms with Crippen molar-refractivity contribution in [3.05, 3.63) is 40.2 Å². The SMILES string of the molecule is C=CC1=C(C(=O)O)N2C(=O)[C@@H](NC(=O)/C(=N/[O-])c3csc(N)n3)[C@H]2SC1. The fourth-order valence-electron chi connectivity index (χ4n) is 2.61. The maximum absolute atomic E-state index is 12.4. The predicted molar refractivity (Wildman–Crippen MR) is 96.3 cm³/mol.